The van der Waals surface area contributed by atoms with Gasteiger partial charge in [-0.2, -0.15) is 0 Å². The molecule has 2 aromatic rings. The highest BCUT2D eigenvalue weighted by Crippen LogP contribution is 2.27. The number of nitrogens with one attached hydrogen (secondary N) is 2. The molecule has 0 radical (unpaired) electrons. The number of likely N-dealkylation sites (tertiary alicyclic amines) is 1. The van der Waals surface area contributed by atoms with Crippen molar-refractivity contribution >= 4 is 11.9 Å². The lowest BCUT2D eigenvalue weighted by Gasteiger charge is -2.39. The van der Waals surface area contributed by atoms with Gasteiger partial charge in [0.2, 0.25) is 0 Å². The van der Waals surface area contributed by atoms with E-state index >= 15 is 0 Å². The molecule has 3 atom stereocenters. The molecule has 0 saturated carbocycles. The molecule has 1 aliphatic rings. The minimum absolute atomic E-state index is 0.0207. The highest BCUT2D eigenvalue weighted by molar-refractivity contribution is 5.94. The lowest BCUT2D eigenvalue weighted by atomic mass is 9.93. The van der Waals surface area contributed by atoms with Crippen molar-refractivity contribution in [3.63, 3.8) is 0 Å². The van der Waals surface area contributed by atoms with Gasteiger partial charge in [0.25, 0.3) is 5.91 Å². The number of carbonyl (C=O) groups excluding carboxylic acids is 1. The summed E-state index contributed by atoms with van der Waals surface area (Å²) in [5.74, 6) is 1.49. The topological polar surface area (TPSA) is 74.6 Å². The van der Waals surface area contributed by atoms with Gasteiger partial charge < -0.3 is 20.1 Å². The summed E-state index contributed by atoms with van der Waals surface area (Å²) in [6, 6.07) is 8.34. The first kappa shape index (κ1) is 21.9. The second-order valence-corrected chi connectivity index (χ2v) is 8.17. The summed E-state index contributed by atoms with van der Waals surface area (Å²) < 4.78 is 2.20. The summed E-state index contributed by atoms with van der Waals surface area (Å²) in [6.07, 6.45) is 7.82. The average molecular weight is 411 g/mol. The SMILES string of the molecule is CCC(C)NC(=O)c1ccc(CNC(=NC)N2CCC(C)C(n3ccnc3)C2)cc1. The number of benzene rings is 1. The Morgan fingerprint density at radius 2 is 2.10 bits per heavy atom. The molecule has 2 heterocycles. The van der Waals surface area contributed by atoms with Gasteiger partial charge in [-0.05, 0) is 43.4 Å². The molecular weight excluding hydrogens is 376 g/mol. The number of hydrogen-bond acceptors (Lipinski definition) is 3. The molecule has 1 aliphatic heterocycles. The zero-order chi connectivity index (χ0) is 21.5. The largest absolute Gasteiger partial charge is 0.352 e. The zero-order valence-corrected chi connectivity index (χ0v) is 18.5. The fourth-order valence-electron chi connectivity index (χ4n) is 3.79. The van der Waals surface area contributed by atoms with Crippen molar-refractivity contribution in [3.05, 3.63) is 54.1 Å². The van der Waals surface area contributed by atoms with E-state index in [1.165, 1.54) is 0 Å². The van der Waals surface area contributed by atoms with Gasteiger partial charge >= 0.3 is 0 Å². The van der Waals surface area contributed by atoms with Crippen molar-refractivity contribution in [2.45, 2.75) is 52.2 Å². The molecule has 1 aromatic carbocycles. The number of nitrogens with zero attached hydrogens (tertiary/aromatic N) is 4. The average Bonchev–Trinajstić information content (AvgIpc) is 3.30. The molecule has 0 aliphatic carbocycles. The molecule has 30 heavy (non-hydrogen) atoms. The predicted molar refractivity (Wildman–Crippen MR) is 120 cm³/mol. The van der Waals surface area contributed by atoms with Crippen LogP contribution in [0.15, 0.2) is 48.0 Å². The molecule has 3 rings (SSSR count). The van der Waals surface area contributed by atoms with Gasteiger partial charge in [0, 0.05) is 50.7 Å². The van der Waals surface area contributed by atoms with Gasteiger partial charge in [-0.3, -0.25) is 9.79 Å². The van der Waals surface area contributed by atoms with Gasteiger partial charge in [-0.15, -0.1) is 0 Å². The van der Waals surface area contributed by atoms with E-state index in [4.69, 9.17) is 0 Å². The van der Waals surface area contributed by atoms with E-state index in [1.807, 2.05) is 57.0 Å². The quantitative estimate of drug-likeness (QED) is 0.567. The summed E-state index contributed by atoms with van der Waals surface area (Å²) in [4.78, 5) is 23.3. The van der Waals surface area contributed by atoms with Gasteiger partial charge in [0.15, 0.2) is 5.96 Å². The van der Waals surface area contributed by atoms with E-state index in [0.29, 0.717) is 24.1 Å². The van der Waals surface area contributed by atoms with E-state index in [1.54, 1.807) is 0 Å². The first-order chi connectivity index (χ1) is 14.5. The maximum absolute atomic E-state index is 12.2. The van der Waals surface area contributed by atoms with Crippen LogP contribution in [0.25, 0.3) is 0 Å². The van der Waals surface area contributed by atoms with Crippen molar-refractivity contribution in [1.82, 2.24) is 25.1 Å². The molecule has 7 nitrogen and oxygen atoms in total. The summed E-state index contributed by atoms with van der Waals surface area (Å²) in [5.41, 5.74) is 1.81. The first-order valence-corrected chi connectivity index (χ1v) is 10.8. The molecule has 0 bridgehead atoms. The number of imidazole rings is 1. The summed E-state index contributed by atoms with van der Waals surface area (Å²) in [6.45, 7) is 8.94. The zero-order valence-electron chi connectivity index (χ0n) is 18.5. The van der Waals surface area contributed by atoms with Gasteiger partial charge in [0.05, 0.1) is 12.4 Å². The van der Waals surface area contributed by atoms with Crippen molar-refractivity contribution in [2.24, 2.45) is 10.9 Å². The van der Waals surface area contributed by atoms with Crippen LogP contribution in [0, 0.1) is 5.92 Å². The smallest absolute Gasteiger partial charge is 0.251 e. The van der Waals surface area contributed by atoms with E-state index in [2.05, 4.69) is 43.9 Å². The van der Waals surface area contributed by atoms with E-state index in [9.17, 15) is 4.79 Å². The third-order valence-electron chi connectivity index (χ3n) is 5.99. The summed E-state index contributed by atoms with van der Waals surface area (Å²) in [7, 11) is 1.83. The second-order valence-electron chi connectivity index (χ2n) is 8.17. The van der Waals surface area contributed by atoms with Crippen molar-refractivity contribution in [2.75, 3.05) is 20.1 Å². The van der Waals surface area contributed by atoms with E-state index < -0.39 is 0 Å². The van der Waals surface area contributed by atoms with Gasteiger partial charge in [-0.25, -0.2) is 4.98 Å². The van der Waals surface area contributed by atoms with E-state index in [-0.39, 0.29) is 11.9 Å². The number of carbonyl (C=O) groups is 1. The van der Waals surface area contributed by atoms with Crippen LogP contribution in [0.2, 0.25) is 0 Å². The molecular formula is C23H34N6O. The minimum atomic E-state index is -0.0207. The Balaban J connectivity index is 1.57. The fraction of sp³-hybridized carbons (Fsp3) is 0.522. The Bertz CT molecular complexity index is 830. The molecule has 3 unspecified atom stereocenters. The van der Waals surface area contributed by atoms with Gasteiger partial charge in [-0.1, -0.05) is 26.0 Å². The van der Waals surface area contributed by atoms with Crippen LogP contribution in [0.4, 0.5) is 0 Å². The molecule has 2 N–H and O–H groups in total. The Hall–Kier alpha value is -2.83. The number of guanidine groups is 1. The Morgan fingerprint density at radius 3 is 2.73 bits per heavy atom. The fourth-order valence-corrected chi connectivity index (χ4v) is 3.79. The van der Waals surface area contributed by atoms with Crippen molar-refractivity contribution in [1.29, 1.82) is 0 Å². The Morgan fingerprint density at radius 1 is 1.33 bits per heavy atom. The molecule has 1 fully saturated rings. The van der Waals surface area contributed by atoms with Crippen molar-refractivity contribution < 1.29 is 4.79 Å². The number of aromatic nitrogens is 2. The maximum Gasteiger partial charge on any atom is 0.251 e. The Kier molecular flexibility index (Phi) is 7.49. The Labute approximate surface area is 179 Å². The summed E-state index contributed by atoms with van der Waals surface area (Å²) in [5, 5.41) is 6.48. The normalized spacial score (nSPS) is 20.7. The third-order valence-corrected chi connectivity index (χ3v) is 5.99. The van der Waals surface area contributed by atoms with Crippen LogP contribution < -0.4 is 10.6 Å². The standard InChI is InChI=1S/C23H34N6O/c1-5-18(3)27-22(30)20-8-6-19(7-9-20)14-26-23(24-4)28-12-10-17(2)21(15-28)29-13-11-25-16-29/h6-9,11,13,16-18,21H,5,10,12,14-15H2,1-4H3,(H,24,26)(H,27,30). The monoisotopic (exact) mass is 410 g/mol. The van der Waals surface area contributed by atoms with E-state index in [0.717, 1.165) is 37.5 Å². The lowest BCUT2D eigenvalue weighted by molar-refractivity contribution is 0.0939. The number of piperidine rings is 1. The summed E-state index contributed by atoms with van der Waals surface area (Å²) >= 11 is 0. The van der Waals surface area contributed by atoms with Crippen LogP contribution in [-0.4, -0.2) is 52.5 Å². The van der Waals surface area contributed by atoms with Crippen LogP contribution >= 0.6 is 0 Å². The van der Waals surface area contributed by atoms with Gasteiger partial charge in [0.1, 0.15) is 0 Å². The molecule has 1 saturated heterocycles. The number of aliphatic imine (C=N–C) groups is 1. The highest BCUT2D eigenvalue weighted by Gasteiger charge is 2.28. The predicted octanol–water partition coefficient (Wildman–Crippen LogP) is 3.07. The molecule has 7 heteroatoms. The number of amides is 1. The molecule has 162 valence electrons. The first-order valence-electron chi connectivity index (χ1n) is 10.8. The third kappa shape index (κ3) is 5.40. The number of rotatable bonds is 6. The van der Waals surface area contributed by atoms with Crippen LogP contribution in [0.5, 0.6) is 0 Å². The van der Waals surface area contributed by atoms with Crippen LogP contribution in [-0.2, 0) is 6.54 Å². The van der Waals surface area contributed by atoms with Crippen molar-refractivity contribution in [3.8, 4) is 0 Å². The molecule has 0 spiro atoms. The molecule has 1 aromatic heterocycles. The highest BCUT2D eigenvalue weighted by atomic mass is 16.1. The molecule has 1 amide bonds. The van der Waals surface area contributed by atoms with Crippen LogP contribution in [0.1, 0.15) is 55.6 Å². The minimum Gasteiger partial charge on any atom is -0.352 e. The lowest BCUT2D eigenvalue weighted by Crippen LogP contribution is -2.48. The second kappa shape index (κ2) is 10.3. The number of hydrogen-bond donors (Lipinski definition) is 2. The van der Waals surface area contributed by atoms with Crippen LogP contribution in [0.3, 0.4) is 0 Å². The maximum atomic E-state index is 12.2.